The fourth-order valence-electron chi connectivity index (χ4n) is 2.28. The van der Waals surface area contributed by atoms with Gasteiger partial charge in [0.15, 0.2) is 0 Å². The number of pyridine rings is 2. The van der Waals surface area contributed by atoms with E-state index in [1.807, 2.05) is 85.2 Å². The molecule has 5 heteroatoms. The van der Waals surface area contributed by atoms with Crippen LogP contribution in [0.1, 0.15) is 0 Å². The minimum atomic E-state index is 0. The summed E-state index contributed by atoms with van der Waals surface area (Å²) in [5.41, 5.74) is 4.38. The van der Waals surface area contributed by atoms with E-state index in [1.165, 1.54) is 0 Å². The molecule has 2 aromatic heterocycles. The molecule has 0 aliphatic heterocycles. The molecule has 132 valence electrons. The summed E-state index contributed by atoms with van der Waals surface area (Å²) in [4.78, 5) is 8.50. The molecular weight excluding hydrogens is 517 g/mol. The van der Waals surface area contributed by atoms with Gasteiger partial charge < -0.3 is 34.0 Å². The second-order valence-electron chi connectivity index (χ2n) is 5.16. The molecule has 4 rings (SSSR count). The van der Waals surface area contributed by atoms with Crippen LogP contribution in [0.3, 0.4) is 0 Å². The Labute approximate surface area is 194 Å². The summed E-state index contributed by atoms with van der Waals surface area (Å²) < 4.78 is 0. The topological polar surface area (TPSA) is 25.8 Å². The summed E-state index contributed by atoms with van der Waals surface area (Å²) >= 11 is 0. The maximum Gasteiger partial charge on any atom is 2.00 e. The van der Waals surface area contributed by atoms with E-state index >= 15 is 0 Å². The van der Waals surface area contributed by atoms with Gasteiger partial charge in [-0.05, 0) is 24.3 Å². The Morgan fingerprint density at radius 2 is 0.741 bits per heavy atom. The van der Waals surface area contributed by atoms with Crippen LogP contribution in [0, 0.1) is 0 Å². The van der Waals surface area contributed by atoms with Crippen molar-refractivity contribution >= 4 is 0 Å². The molecule has 0 aliphatic rings. The van der Waals surface area contributed by atoms with Crippen LogP contribution in [-0.2, 0) is 19.5 Å². The first-order valence-electron chi connectivity index (χ1n) is 7.86. The zero-order valence-corrected chi connectivity index (χ0v) is 20.9. The molecule has 0 saturated heterocycles. The molecule has 2 nitrogen and oxygen atoms in total. The van der Waals surface area contributed by atoms with Gasteiger partial charge in [0.05, 0.1) is 11.4 Å². The number of aromatic nitrogens is 2. The first kappa shape index (κ1) is 25.3. The third-order valence-corrected chi connectivity index (χ3v) is 3.47. The molecule has 0 bridgehead atoms. The van der Waals surface area contributed by atoms with Crippen molar-refractivity contribution in [1.82, 2.24) is 9.97 Å². The van der Waals surface area contributed by atoms with E-state index < -0.39 is 0 Å². The molecule has 2 heterocycles. The average Bonchev–Trinajstić information content (AvgIpc) is 2.71. The van der Waals surface area contributed by atoms with Gasteiger partial charge in [0, 0.05) is 23.5 Å². The fraction of sp³-hybridized carbons (Fsp3) is 0. The van der Waals surface area contributed by atoms with Crippen molar-refractivity contribution in [2.45, 2.75) is 0 Å². The zero-order valence-electron chi connectivity index (χ0n) is 14.7. The van der Waals surface area contributed by atoms with Gasteiger partial charge in [-0.25, -0.2) is 0 Å². The van der Waals surface area contributed by atoms with Crippen molar-refractivity contribution in [2.75, 3.05) is 0 Å². The van der Waals surface area contributed by atoms with Gasteiger partial charge in [0.25, 0.3) is 0 Å². The van der Waals surface area contributed by atoms with Crippen molar-refractivity contribution in [3.05, 3.63) is 109 Å². The molecule has 0 fully saturated rings. The molecule has 0 unspecified atom stereocenters. The second kappa shape index (κ2) is 14.4. The third kappa shape index (κ3) is 8.25. The molecule has 0 aliphatic carbocycles. The molecule has 0 N–H and O–H groups in total. The molecular formula is C22H18Br2N2Zn. The Bertz CT molecular complexity index is 696. The van der Waals surface area contributed by atoms with Crippen LogP contribution in [0.15, 0.2) is 109 Å². The molecule has 0 atom stereocenters. The largest absolute Gasteiger partial charge is 2.00 e. The summed E-state index contributed by atoms with van der Waals surface area (Å²) in [5, 5.41) is 0. The SMILES string of the molecule is [Br-].[Br-].[Zn+2].c1ccc(-c2ccccn2)cc1.c1ccc(-c2ccccn2)cc1. The smallest absolute Gasteiger partial charge is 1.00 e. The minimum absolute atomic E-state index is 0. The standard InChI is InChI=1S/2C11H9N.2BrH.Zn/c2*1-2-6-10(7-3-1)11-8-4-5-9-12-11;;;/h2*1-9H;2*1H;/q;;;;+2/p-2. The van der Waals surface area contributed by atoms with Crippen LogP contribution in [0.25, 0.3) is 22.5 Å². The molecule has 0 saturated carbocycles. The van der Waals surface area contributed by atoms with Gasteiger partial charge >= 0.3 is 19.5 Å². The first-order chi connectivity index (χ1) is 11.9. The van der Waals surface area contributed by atoms with Gasteiger partial charge in [0.1, 0.15) is 0 Å². The summed E-state index contributed by atoms with van der Waals surface area (Å²) in [6.45, 7) is 0. The van der Waals surface area contributed by atoms with Gasteiger partial charge in [0.2, 0.25) is 0 Å². The molecule has 0 radical (unpaired) electrons. The van der Waals surface area contributed by atoms with Crippen molar-refractivity contribution in [1.29, 1.82) is 0 Å². The Hall–Kier alpha value is -1.68. The predicted octanol–water partition coefficient (Wildman–Crippen LogP) is -0.497. The van der Waals surface area contributed by atoms with E-state index in [0.29, 0.717) is 0 Å². The summed E-state index contributed by atoms with van der Waals surface area (Å²) in [7, 11) is 0. The average molecular weight is 536 g/mol. The van der Waals surface area contributed by atoms with E-state index in [1.54, 1.807) is 0 Å². The molecule has 27 heavy (non-hydrogen) atoms. The van der Waals surface area contributed by atoms with Crippen molar-refractivity contribution in [2.24, 2.45) is 0 Å². The van der Waals surface area contributed by atoms with Gasteiger partial charge in [-0.1, -0.05) is 72.8 Å². The normalized spacial score (nSPS) is 8.59. The van der Waals surface area contributed by atoms with Gasteiger partial charge in [-0.15, -0.1) is 0 Å². The second-order valence-corrected chi connectivity index (χ2v) is 5.16. The Morgan fingerprint density at radius 3 is 1.04 bits per heavy atom. The van der Waals surface area contributed by atoms with E-state index in [-0.39, 0.29) is 53.4 Å². The van der Waals surface area contributed by atoms with Crippen LogP contribution in [0.4, 0.5) is 0 Å². The number of hydrogen-bond acceptors (Lipinski definition) is 2. The van der Waals surface area contributed by atoms with Crippen LogP contribution in [0.5, 0.6) is 0 Å². The molecule has 0 amide bonds. The van der Waals surface area contributed by atoms with E-state index in [4.69, 9.17) is 0 Å². The Morgan fingerprint density at radius 1 is 0.407 bits per heavy atom. The van der Waals surface area contributed by atoms with Crippen LogP contribution >= 0.6 is 0 Å². The predicted molar refractivity (Wildman–Crippen MR) is 99.3 cm³/mol. The fourth-order valence-corrected chi connectivity index (χ4v) is 2.28. The maximum absolute atomic E-state index is 4.25. The van der Waals surface area contributed by atoms with Crippen LogP contribution < -0.4 is 34.0 Å². The number of rotatable bonds is 2. The van der Waals surface area contributed by atoms with Crippen molar-refractivity contribution in [3.63, 3.8) is 0 Å². The first-order valence-corrected chi connectivity index (χ1v) is 7.86. The quantitative estimate of drug-likeness (QED) is 0.324. The number of nitrogens with zero attached hydrogens (tertiary/aromatic N) is 2. The van der Waals surface area contributed by atoms with E-state index in [9.17, 15) is 0 Å². The Kier molecular flexibility index (Phi) is 13.5. The minimum Gasteiger partial charge on any atom is -1.00 e. The maximum atomic E-state index is 4.25. The van der Waals surface area contributed by atoms with Gasteiger partial charge in [-0.3, -0.25) is 9.97 Å². The van der Waals surface area contributed by atoms with Crippen molar-refractivity contribution < 1.29 is 53.4 Å². The van der Waals surface area contributed by atoms with Crippen LogP contribution in [0.2, 0.25) is 0 Å². The number of benzene rings is 2. The zero-order chi connectivity index (χ0) is 16.5. The van der Waals surface area contributed by atoms with E-state index in [0.717, 1.165) is 22.5 Å². The number of halogens is 2. The third-order valence-electron chi connectivity index (χ3n) is 3.47. The molecule has 2 aromatic carbocycles. The van der Waals surface area contributed by atoms with Gasteiger partial charge in [-0.2, -0.15) is 0 Å². The summed E-state index contributed by atoms with van der Waals surface area (Å²) in [6, 6.07) is 32.2. The summed E-state index contributed by atoms with van der Waals surface area (Å²) in [5.74, 6) is 0. The molecule has 0 spiro atoms. The monoisotopic (exact) mass is 532 g/mol. The molecule has 4 aromatic rings. The number of hydrogen-bond donors (Lipinski definition) is 0. The van der Waals surface area contributed by atoms with Crippen LogP contribution in [-0.4, -0.2) is 9.97 Å². The van der Waals surface area contributed by atoms with Crippen molar-refractivity contribution in [3.8, 4) is 22.5 Å². The van der Waals surface area contributed by atoms with E-state index in [2.05, 4.69) is 34.2 Å². The Balaban J connectivity index is 0.000000451. The summed E-state index contributed by atoms with van der Waals surface area (Å²) in [6.07, 6.45) is 3.62.